The van der Waals surface area contributed by atoms with Crippen LogP contribution in [-0.2, 0) is 12.4 Å². The smallest absolute Gasteiger partial charge is 0.416 e. The van der Waals surface area contributed by atoms with Gasteiger partial charge in [0.05, 0.1) is 17.7 Å². The maximum absolute atomic E-state index is 13.1. The second-order valence-electron chi connectivity index (χ2n) is 6.54. The molecule has 0 unspecified atom stereocenters. The molecule has 0 aliphatic carbocycles. The van der Waals surface area contributed by atoms with Crippen LogP contribution in [-0.4, -0.2) is 22.0 Å². The van der Waals surface area contributed by atoms with Crippen molar-refractivity contribution in [1.29, 1.82) is 5.26 Å². The van der Waals surface area contributed by atoms with Gasteiger partial charge in [-0.05, 0) is 54.4 Å². The number of aromatic amines is 1. The lowest BCUT2D eigenvalue weighted by Crippen LogP contribution is -2.11. The van der Waals surface area contributed by atoms with Crippen LogP contribution in [0.25, 0.3) is 23.4 Å². The van der Waals surface area contributed by atoms with Crippen molar-refractivity contribution in [2.45, 2.75) is 19.3 Å². The average Bonchev–Trinajstić information content (AvgIpc) is 3.20. The van der Waals surface area contributed by atoms with Crippen LogP contribution >= 0.6 is 0 Å². The Balaban J connectivity index is 2.06. The minimum Gasteiger partial charge on any atom is -0.494 e. The van der Waals surface area contributed by atoms with Gasteiger partial charge in [0.15, 0.2) is 5.69 Å². The highest BCUT2D eigenvalue weighted by Gasteiger charge is 2.36. The van der Waals surface area contributed by atoms with Crippen molar-refractivity contribution in [3.05, 3.63) is 64.3 Å². The molecular weight excluding hydrogens is 438 g/mol. The number of halogens is 6. The number of benzene rings is 2. The molecule has 0 spiro atoms. The highest BCUT2D eigenvalue weighted by Crippen LogP contribution is 2.37. The molecule has 0 atom stereocenters. The number of aromatic nitrogens is 3. The van der Waals surface area contributed by atoms with Crippen LogP contribution in [0.3, 0.4) is 0 Å². The lowest BCUT2D eigenvalue weighted by atomic mass is 10.0. The van der Waals surface area contributed by atoms with Gasteiger partial charge in [0.2, 0.25) is 0 Å². The van der Waals surface area contributed by atoms with E-state index in [4.69, 9.17) is 10.00 Å². The molecule has 2 aromatic carbocycles. The van der Waals surface area contributed by atoms with Crippen molar-refractivity contribution >= 4 is 12.2 Å². The Bertz CT molecular complexity index is 1160. The molecule has 32 heavy (non-hydrogen) atoms. The SMILES string of the molecule is CCOc1cc(/C=C/c2cc(C(F)(F)F)cc(C(F)(F)F)c2)cc(-c2nn[nH]c2C#N)c1. The van der Waals surface area contributed by atoms with E-state index in [0.29, 0.717) is 35.6 Å². The van der Waals surface area contributed by atoms with E-state index in [0.717, 1.165) is 6.08 Å². The fraction of sp³-hybridized carbons (Fsp3) is 0.190. The summed E-state index contributed by atoms with van der Waals surface area (Å²) < 4.78 is 83.9. The minimum atomic E-state index is -4.94. The molecule has 0 bridgehead atoms. The Kier molecular flexibility index (Phi) is 6.25. The number of nitrogens with one attached hydrogen (secondary N) is 1. The highest BCUT2D eigenvalue weighted by molar-refractivity contribution is 5.75. The number of hydrogen-bond acceptors (Lipinski definition) is 4. The quantitative estimate of drug-likeness (QED) is 0.384. The first-order chi connectivity index (χ1) is 15.0. The molecule has 1 aromatic heterocycles. The molecule has 5 nitrogen and oxygen atoms in total. The summed E-state index contributed by atoms with van der Waals surface area (Å²) in [7, 11) is 0. The minimum absolute atomic E-state index is 0.0686. The van der Waals surface area contributed by atoms with Gasteiger partial charge in [-0.15, -0.1) is 5.10 Å². The maximum atomic E-state index is 13.1. The molecular formula is C21H14F6N4O. The molecule has 166 valence electrons. The number of H-pyrrole nitrogens is 1. The van der Waals surface area contributed by atoms with Gasteiger partial charge in [0, 0.05) is 5.56 Å². The van der Waals surface area contributed by atoms with E-state index in [1.54, 1.807) is 25.1 Å². The second-order valence-corrected chi connectivity index (χ2v) is 6.54. The van der Waals surface area contributed by atoms with Crippen molar-refractivity contribution in [3.8, 4) is 23.1 Å². The topological polar surface area (TPSA) is 74.6 Å². The highest BCUT2D eigenvalue weighted by atomic mass is 19.4. The fourth-order valence-corrected chi connectivity index (χ4v) is 2.88. The van der Waals surface area contributed by atoms with Crippen molar-refractivity contribution < 1.29 is 31.1 Å². The fourth-order valence-electron chi connectivity index (χ4n) is 2.88. The Labute approximate surface area is 177 Å². The van der Waals surface area contributed by atoms with Crippen molar-refractivity contribution in [1.82, 2.24) is 15.4 Å². The van der Waals surface area contributed by atoms with E-state index in [2.05, 4.69) is 15.4 Å². The third-order valence-corrected chi connectivity index (χ3v) is 4.25. The molecule has 0 saturated carbocycles. The number of hydrogen-bond donors (Lipinski definition) is 1. The third kappa shape index (κ3) is 5.26. The molecule has 3 aromatic rings. The van der Waals surface area contributed by atoms with Crippen molar-refractivity contribution in [2.24, 2.45) is 0 Å². The molecule has 0 radical (unpaired) electrons. The summed E-state index contributed by atoms with van der Waals surface area (Å²) in [4.78, 5) is 0. The van der Waals surface area contributed by atoms with Gasteiger partial charge in [0.1, 0.15) is 17.5 Å². The van der Waals surface area contributed by atoms with Gasteiger partial charge in [-0.2, -0.15) is 31.6 Å². The van der Waals surface area contributed by atoms with E-state index in [1.807, 2.05) is 6.07 Å². The third-order valence-electron chi connectivity index (χ3n) is 4.25. The molecule has 0 aliphatic rings. The van der Waals surface area contributed by atoms with E-state index in [-0.39, 0.29) is 23.0 Å². The Morgan fingerprint density at radius 2 is 1.53 bits per heavy atom. The largest absolute Gasteiger partial charge is 0.494 e. The van der Waals surface area contributed by atoms with Crippen LogP contribution in [0.15, 0.2) is 36.4 Å². The number of nitriles is 1. The van der Waals surface area contributed by atoms with Gasteiger partial charge < -0.3 is 4.74 Å². The van der Waals surface area contributed by atoms with Crippen LogP contribution in [0.1, 0.15) is 34.9 Å². The maximum Gasteiger partial charge on any atom is 0.416 e. The van der Waals surface area contributed by atoms with Crippen LogP contribution in [0.4, 0.5) is 26.3 Å². The normalized spacial score (nSPS) is 12.2. The zero-order chi connectivity index (χ0) is 23.5. The Hall–Kier alpha value is -3.81. The first-order valence-electron chi connectivity index (χ1n) is 9.08. The van der Waals surface area contributed by atoms with E-state index in [9.17, 15) is 26.3 Å². The van der Waals surface area contributed by atoms with Crippen LogP contribution in [0, 0.1) is 11.3 Å². The lowest BCUT2D eigenvalue weighted by molar-refractivity contribution is -0.143. The van der Waals surface area contributed by atoms with Gasteiger partial charge in [-0.25, -0.2) is 5.10 Å². The van der Waals surface area contributed by atoms with Crippen LogP contribution < -0.4 is 4.74 Å². The molecule has 0 aliphatic heterocycles. The predicted octanol–water partition coefficient (Wildman–Crippen LogP) is 5.95. The number of alkyl halides is 6. The predicted molar refractivity (Wildman–Crippen MR) is 103 cm³/mol. The van der Waals surface area contributed by atoms with Crippen molar-refractivity contribution in [2.75, 3.05) is 6.61 Å². The molecule has 1 N–H and O–H groups in total. The van der Waals surface area contributed by atoms with E-state index >= 15 is 0 Å². The molecule has 0 fully saturated rings. The first kappa shape index (κ1) is 22.9. The first-order valence-corrected chi connectivity index (χ1v) is 9.08. The van der Waals surface area contributed by atoms with Crippen LogP contribution in [0.5, 0.6) is 5.75 Å². The second kappa shape index (κ2) is 8.74. The lowest BCUT2D eigenvalue weighted by Gasteiger charge is -2.13. The summed E-state index contributed by atoms with van der Waals surface area (Å²) in [6, 6.07) is 7.91. The number of rotatable bonds is 5. The molecule has 0 amide bonds. The van der Waals surface area contributed by atoms with Gasteiger partial charge in [-0.1, -0.05) is 17.4 Å². The summed E-state index contributed by atoms with van der Waals surface area (Å²) in [5.41, 5.74) is -1.95. The Morgan fingerprint density at radius 3 is 2.06 bits per heavy atom. The van der Waals surface area contributed by atoms with Gasteiger partial charge in [0.25, 0.3) is 0 Å². The average molecular weight is 452 g/mol. The summed E-state index contributed by atoms with van der Waals surface area (Å²) in [5.74, 6) is 0.372. The zero-order valence-corrected chi connectivity index (χ0v) is 16.3. The van der Waals surface area contributed by atoms with Crippen molar-refractivity contribution in [3.63, 3.8) is 0 Å². The molecule has 3 rings (SSSR count). The van der Waals surface area contributed by atoms with Gasteiger partial charge >= 0.3 is 12.4 Å². The molecule has 11 heteroatoms. The van der Waals surface area contributed by atoms with E-state index in [1.165, 1.54) is 6.08 Å². The monoisotopic (exact) mass is 452 g/mol. The van der Waals surface area contributed by atoms with E-state index < -0.39 is 23.5 Å². The number of ether oxygens (including phenoxy) is 1. The summed E-state index contributed by atoms with van der Waals surface area (Å²) in [5, 5.41) is 19.0. The van der Waals surface area contributed by atoms with Gasteiger partial charge in [-0.3, -0.25) is 0 Å². The van der Waals surface area contributed by atoms with Crippen LogP contribution in [0.2, 0.25) is 0 Å². The summed E-state index contributed by atoms with van der Waals surface area (Å²) in [6.45, 7) is 2.04. The molecule has 0 saturated heterocycles. The molecule has 1 heterocycles. The number of nitrogens with zero attached hydrogens (tertiary/aromatic N) is 3. The summed E-state index contributed by atoms with van der Waals surface area (Å²) >= 11 is 0. The standard InChI is InChI=1S/C21H14F6N4O/c1-2-32-17-8-12(5-14(9-17)19-18(11-28)29-31-30-19)3-4-13-6-15(20(22,23)24)10-16(7-13)21(25,26)27/h3-10H,2H2,1H3,(H,29,30,31)/b4-3+. The Morgan fingerprint density at radius 1 is 0.938 bits per heavy atom. The zero-order valence-electron chi connectivity index (χ0n) is 16.3. The summed E-state index contributed by atoms with van der Waals surface area (Å²) in [6.07, 6.45) is -7.40.